The van der Waals surface area contributed by atoms with Crippen LogP contribution in [0.3, 0.4) is 0 Å². The maximum Gasteiger partial charge on any atom is 0.262 e. The number of aromatic nitrogens is 1. The number of amides is 1. The summed E-state index contributed by atoms with van der Waals surface area (Å²) < 4.78 is 4.84. The second-order valence-electron chi connectivity index (χ2n) is 1.95. The molecule has 0 atom stereocenters. The fraction of sp³-hybridized carbons (Fsp3) is 0.333. The molecule has 0 radical (unpaired) electrons. The molecule has 1 aromatic rings. The van der Waals surface area contributed by atoms with Crippen molar-refractivity contribution in [2.75, 3.05) is 7.05 Å². The van der Waals surface area contributed by atoms with Gasteiger partial charge >= 0.3 is 0 Å². The maximum atomic E-state index is 11.0. The van der Waals surface area contributed by atoms with E-state index in [4.69, 9.17) is 3.07 Å². The first-order valence-electron chi connectivity index (χ1n) is 3.18. The highest BCUT2D eigenvalue weighted by molar-refractivity contribution is 14.1. The van der Waals surface area contributed by atoms with Gasteiger partial charge in [-0.3, -0.25) is 4.79 Å². The Hall–Kier alpha value is -0.210. The maximum absolute atomic E-state index is 11.0. The summed E-state index contributed by atoms with van der Waals surface area (Å²) in [4.78, 5) is 15.7. The largest absolute Gasteiger partial charge is 0.354 e. The van der Waals surface area contributed by atoms with E-state index in [2.05, 4.69) is 10.3 Å². The molecule has 4 nitrogen and oxygen atoms in total. The SMILES string of the molecule is CNC(=O)c1cnc(COI)s1. The smallest absolute Gasteiger partial charge is 0.262 e. The van der Waals surface area contributed by atoms with Gasteiger partial charge in [0.25, 0.3) is 5.91 Å². The summed E-state index contributed by atoms with van der Waals surface area (Å²) in [6.45, 7) is 0.447. The standard InChI is InChI=1S/C6H7IN2O2S/c1-8-6(10)4-2-9-5(12-4)3-11-7/h2H,3H2,1H3,(H,8,10). The Morgan fingerprint density at radius 2 is 2.67 bits per heavy atom. The van der Waals surface area contributed by atoms with Crippen LogP contribution in [0.25, 0.3) is 0 Å². The Labute approximate surface area is 88.0 Å². The van der Waals surface area contributed by atoms with Gasteiger partial charge in [-0.05, 0) is 0 Å². The minimum absolute atomic E-state index is 0.104. The first kappa shape index (κ1) is 9.87. The fourth-order valence-corrected chi connectivity index (χ4v) is 1.94. The minimum Gasteiger partial charge on any atom is -0.354 e. The monoisotopic (exact) mass is 298 g/mol. The quantitative estimate of drug-likeness (QED) is 0.858. The Morgan fingerprint density at radius 1 is 1.92 bits per heavy atom. The lowest BCUT2D eigenvalue weighted by Gasteiger charge is -1.91. The van der Waals surface area contributed by atoms with Gasteiger partial charge in [-0.25, -0.2) is 4.98 Å². The van der Waals surface area contributed by atoms with Gasteiger partial charge in [-0.2, -0.15) is 0 Å². The van der Waals surface area contributed by atoms with E-state index >= 15 is 0 Å². The lowest BCUT2D eigenvalue weighted by Crippen LogP contribution is -2.16. The molecule has 1 amide bonds. The summed E-state index contributed by atoms with van der Waals surface area (Å²) in [6, 6.07) is 0. The molecule has 12 heavy (non-hydrogen) atoms. The van der Waals surface area contributed by atoms with Gasteiger partial charge in [-0.15, -0.1) is 11.3 Å². The number of hydrogen-bond acceptors (Lipinski definition) is 4. The molecule has 0 aliphatic rings. The summed E-state index contributed by atoms with van der Waals surface area (Å²) in [5.74, 6) is -0.104. The van der Waals surface area contributed by atoms with E-state index in [-0.39, 0.29) is 5.91 Å². The molecule has 6 heteroatoms. The summed E-state index contributed by atoms with van der Waals surface area (Å²) >= 11 is 3.13. The molecule has 0 bridgehead atoms. The molecule has 0 fully saturated rings. The zero-order chi connectivity index (χ0) is 8.97. The predicted octanol–water partition coefficient (Wildman–Crippen LogP) is 1.37. The number of carbonyl (C=O) groups is 1. The van der Waals surface area contributed by atoms with Crippen molar-refractivity contribution >= 4 is 40.2 Å². The Kier molecular flexibility index (Phi) is 3.89. The van der Waals surface area contributed by atoms with E-state index in [1.807, 2.05) is 0 Å². The molecule has 0 aromatic carbocycles. The Morgan fingerprint density at radius 3 is 3.25 bits per heavy atom. The van der Waals surface area contributed by atoms with Gasteiger partial charge in [0, 0.05) is 7.05 Å². The zero-order valence-electron chi connectivity index (χ0n) is 6.33. The first-order valence-corrected chi connectivity index (χ1v) is 4.88. The van der Waals surface area contributed by atoms with Crippen molar-refractivity contribution in [1.29, 1.82) is 0 Å². The van der Waals surface area contributed by atoms with Gasteiger partial charge in [0.05, 0.1) is 6.20 Å². The van der Waals surface area contributed by atoms with Gasteiger partial charge < -0.3 is 8.38 Å². The van der Waals surface area contributed by atoms with E-state index in [0.29, 0.717) is 11.5 Å². The highest BCUT2D eigenvalue weighted by atomic mass is 127. The molecule has 0 aliphatic heterocycles. The van der Waals surface area contributed by atoms with Crippen LogP contribution in [0.4, 0.5) is 0 Å². The van der Waals surface area contributed by atoms with Crippen LogP contribution in [-0.2, 0) is 9.67 Å². The number of carbonyl (C=O) groups excluding carboxylic acids is 1. The molecule has 66 valence electrons. The Balaban J connectivity index is 2.70. The van der Waals surface area contributed by atoms with Crippen LogP contribution in [0.15, 0.2) is 6.20 Å². The topological polar surface area (TPSA) is 51.2 Å². The first-order chi connectivity index (χ1) is 5.77. The minimum atomic E-state index is -0.104. The number of thiazole rings is 1. The van der Waals surface area contributed by atoms with Gasteiger partial charge in [0.1, 0.15) is 39.5 Å². The van der Waals surface area contributed by atoms with Crippen molar-refractivity contribution in [2.45, 2.75) is 6.61 Å². The molecule has 1 heterocycles. The third-order valence-corrected chi connectivity index (χ3v) is 2.46. The van der Waals surface area contributed by atoms with Crippen LogP contribution in [0.1, 0.15) is 14.7 Å². The Bertz CT molecular complexity index is 276. The van der Waals surface area contributed by atoms with Crippen LogP contribution in [0, 0.1) is 0 Å². The summed E-state index contributed by atoms with van der Waals surface area (Å²) in [5, 5.41) is 3.33. The van der Waals surface area contributed by atoms with Crippen molar-refractivity contribution in [2.24, 2.45) is 0 Å². The number of nitrogens with one attached hydrogen (secondary N) is 1. The van der Waals surface area contributed by atoms with Crippen molar-refractivity contribution < 1.29 is 7.86 Å². The summed E-state index contributed by atoms with van der Waals surface area (Å²) in [6.07, 6.45) is 1.55. The van der Waals surface area contributed by atoms with E-state index in [1.54, 1.807) is 36.3 Å². The van der Waals surface area contributed by atoms with Crippen LogP contribution in [0.2, 0.25) is 0 Å². The molecule has 0 spiro atoms. The molecule has 0 saturated heterocycles. The van der Waals surface area contributed by atoms with Crippen LogP contribution in [-0.4, -0.2) is 17.9 Å². The number of hydrogen-bond donors (Lipinski definition) is 1. The van der Waals surface area contributed by atoms with Crippen LogP contribution < -0.4 is 5.32 Å². The summed E-state index contributed by atoms with van der Waals surface area (Å²) in [5.41, 5.74) is 0. The highest BCUT2D eigenvalue weighted by Crippen LogP contribution is 2.14. The van der Waals surface area contributed by atoms with Crippen LogP contribution >= 0.6 is 34.3 Å². The van der Waals surface area contributed by atoms with Crippen molar-refractivity contribution in [3.05, 3.63) is 16.1 Å². The van der Waals surface area contributed by atoms with Gasteiger partial charge in [0.15, 0.2) is 0 Å². The number of rotatable bonds is 3. The number of halogens is 1. The molecule has 0 unspecified atom stereocenters. The normalized spacial score (nSPS) is 9.83. The van der Waals surface area contributed by atoms with Crippen molar-refractivity contribution in [3.63, 3.8) is 0 Å². The highest BCUT2D eigenvalue weighted by Gasteiger charge is 2.07. The lowest BCUT2D eigenvalue weighted by molar-refractivity contribution is 0.0967. The van der Waals surface area contributed by atoms with Crippen molar-refractivity contribution in [1.82, 2.24) is 10.3 Å². The van der Waals surface area contributed by atoms with Gasteiger partial charge in [0.2, 0.25) is 0 Å². The van der Waals surface area contributed by atoms with Crippen LogP contribution in [0.5, 0.6) is 0 Å². The predicted molar refractivity (Wildman–Crippen MR) is 54.3 cm³/mol. The van der Waals surface area contributed by atoms with E-state index < -0.39 is 0 Å². The lowest BCUT2D eigenvalue weighted by atomic mass is 10.5. The third kappa shape index (κ3) is 2.39. The average Bonchev–Trinajstić information content (AvgIpc) is 2.52. The molecular weight excluding hydrogens is 291 g/mol. The van der Waals surface area contributed by atoms with E-state index in [9.17, 15) is 4.79 Å². The second-order valence-corrected chi connectivity index (χ2v) is 3.69. The molecule has 0 saturated carbocycles. The average molecular weight is 298 g/mol. The molecule has 1 N–H and O–H groups in total. The molecule has 1 rings (SSSR count). The zero-order valence-corrected chi connectivity index (χ0v) is 9.31. The molecule has 0 aliphatic carbocycles. The molecule has 1 aromatic heterocycles. The summed E-state index contributed by atoms with van der Waals surface area (Å²) in [7, 11) is 1.59. The fourth-order valence-electron chi connectivity index (χ4n) is 0.652. The number of nitrogens with zero attached hydrogens (tertiary/aromatic N) is 1. The van der Waals surface area contributed by atoms with Gasteiger partial charge in [-0.1, -0.05) is 0 Å². The third-order valence-electron chi connectivity index (χ3n) is 1.18. The second kappa shape index (κ2) is 4.73. The molecular formula is C6H7IN2O2S. The van der Waals surface area contributed by atoms with E-state index in [1.165, 1.54) is 11.3 Å². The van der Waals surface area contributed by atoms with E-state index in [0.717, 1.165) is 5.01 Å². The van der Waals surface area contributed by atoms with Crippen molar-refractivity contribution in [3.8, 4) is 0 Å².